The van der Waals surface area contributed by atoms with E-state index in [-0.39, 0.29) is 5.69 Å². The lowest BCUT2D eigenvalue weighted by molar-refractivity contribution is 0.799. The number of hydrogen-bond acceptors (Lipinski definition) is 1. The van der Waals surface area contributed by atoms with Crippen molar-refractivity contribution in [1.29, 1.82) is 0 Å². The van der Waals surface area contributed by atoms with Gasteiger partial charge in [-0.25, -0.2) is 4.79 Å². The maximum Gasteiger partial charge on any atom is 0.333 e. The number of aromatic nitrogens is 2. The molecule has 4 aromatic rings. The van der Waals surface area contributed by atoms with E-state index in [9.17, 15) is 4.79 Å². The van der Waals surface area contributed by atoms with Crippen molar-refractivity contribution in [3.05, 3.63) is 64.6 Å². The first-order valence-corrected chi connectivity index (χ1v) is 8.23. The van der Waals surface area contributed by atoms with Crippen LogP contribution in [-0.4, -0.2) is 8.97 Å². The molecule has 4 rings (SSSR count). The van der Waals surface area contributed by atoms with Crippen molar-refractivity contribution < 1.29 is 0 Å². The Balaban J connectivity index is 2.31. The van der Waals surface area contributed by atoms with Crippen molar-refractivity contribution in [3.8, 4) is 0 Å². The van der Waals surface area contributed by atoms with Gasteiger partial charge in [0.25, 0.3) is 0 Å². The predicted octanol–water partition coefficient (Wildman–Crippen LogP) is 4.29. The van der Waals surface area contributed by atoms with Crippen molar-refractivity contribution in [2.75, 3.05) is 0 Å². The number of benzene rings is 2. The second-order valence-electron chi connectivity index (χ2n) is 6.14. The molecule has 0 unspecified atom stereocenters. The van der Waals surface area contributed by atoms with Crippen LogP contribution in [0.15, 0.2) is 53.3 Å². The molecule has 0 spiro atoms. The summed E-state index contributed by atoms with van der Waals surface area (Å²) in [6.45, 7) is 2.21. The fourth-order valence-corrected chi connectivity index (χ4v) is 3.61. The summed E-state index contributed by atoms with van der Waals surface area (Å²) in [5, 5.41) is 2.35. The van der Waals surface area contributed by atoms with E-state index in [0.29, 0.717) is 0 Å². The third-order valence-electron chi connectivity index (χ3n) is 4.76. The lowest BCUT2D eigenvalue weighted by Crippen LogP contribution is -2.24. The van der Waals surface area contributed by atoms with Crippen molar-refractivity contribution >= 4 is 27.3 Å². The van der Waals surface area contributed by atoms with Gasteiger partial charge in [-0.1, -0.05) is 49.7 Å². The van der Waals surface area contributed by atoms with Crippen molar-refractivity contribution in [2.24, 2.45) is 7.05 Å². The van der Waals surface area contributed by atoms with E-state index in [2.05, 4.69) is 25.1 Å². The Morgan fingerprint density at radius 2 is 1.57 bits per heavy atom. The number of hydrogen-bond donors (Lipinski definition) is 0. The fraction of sp³-hybridized carbons (Fsp3) is 0.250. The molecule has 0 N–H and O–H groups in total. The summed E-state index contributed by atoms with van der Waals surface area (Å²) < 4.78 is 3.64. The molecule has 0 aliphatic heterocycles. The normalized spacial score (nSPS) is 11.7. The molecule has 0 bridgehead atoms. The van der Waals surface area contributed by atoms with E-state index in [1.165, 1.54) is 10.9 Å². The van der Waals surface area contributed by atoms with Crippen LogP contribution in [-0.2, 0) is 13.5 Å². The van der Waals surface area contributed by atoms with Gasteiger partial charge in [-0.15, -0.1) is 0 Å². The van der Waals surface area contributed by atoms with Gasteiger partial charge in [0.1, 0.15) is 0 Å². The summed E-state index contributed by atoms with van der Waals surface area (Å²) in [6.07, 6.45) is 3.28. The van der Waals surface area contributed by atoms with E-state index in [4.69, 9.17) is 0 Å². The SMILES string of the molecule is CCCCc1c2ccccc2n2c(=O)n(C)c3ccccc3c12. The molecule has 0 aliphatic rings. The Kier molecular flexibility index (Phi) is 3.22. The van der Waals surface area contributed by atoms with E-state index in [1.54, 1.807) is 4.57 Å². The van der Waals surface area contributed by atoms with Gasteiger partial charge < -0.3 is 0 Å². The predicted molar refractivity (Wildman–Crippen MR) is 96.3 cm³/mol. The molecule has 0 atom stereocenters. The lowest BCUT2D eigenvalue weighted by Gasteiger charge is -2.09. The van der Waals surface area contributed by atoms with Crippen LogP contribution >= 0.6 is 0 Å². The highest BCUT2D eigenvalue weighted by Crippen LogP contribution is 2.31. The molecule has 0 fully saturated rings. The van der Waals surface area contributed by atoms with Crippen LogP contribution < -0.4 is 5.69 Å². The van der Waals surface area contributed by atoms with Gasteiger partial charge >= 0.3 is 5.69 Å². The maximum absolute atomic E-state index is 13.0. The van der Waals surface area contributed by atoms with Gasteiger partial charge in [0, 0.05) is 17.8 Å². The Labute approximate surface area is 134 Å². The van der Waals surface area contributed by atoms with Crippen molar-refractivity contribution in [1.82, 2.24) is 8.97 Å². The van der Waals surface area contributed by atoms with Crippen LogP contribution in [0, 0.1) is 0 Å². The number of para-hydroxylation sites is 2. The van der Waals surface area contributed by atoms with Crippen molar-refractivity contribution in [2.45, 2.75) is 26.2 Å². The molecule has 2 heterocycles. The molecular weight excluding hydrogens is 284 g/mol. The van der Waals surface area contributed by atoms with E-state index in [1.807, 2.05) is 41.8 Å². The van der Waals surface area contributed by atoms with Gasteiger partial charge in [0.05, 0.1) is 16.6 Å². The third kappa shape index (κ3) is 1.93. The molecule has 0 saturated carbocycles. The van der Waals surface area contributed by atoms with E-state index < -0.39 is 0 Å². The average molecular weight is 304 g/mol. The van der Waals surface area contributed by atoms with Crippen LogP contribution in [0.3, 0.4) is 0 Å². The minimum absolute atomic E-state index is 0.0256. The Morgan fingerprint density at radius 1 is 0.913 bits per heavy atom. The van der Waals surface area contributed by atoms with Crippen LogP contribution in [0.5, 0.6) is 0 Å². The molecule has 0 radical (unpaired) electrons. The molecule has 2 aromatic carbocycles. The minimum Gasteiger partial charge on any atom is -0.296 e. The molecule has 0 saturated heterocycles. The smallest absolute Gasteiger partial charge is 0.296 e. The van der Waals surface area contributed by atoms with Gasteiger partial charge in [-0.05, 0) is 30.5 Å². The van der Waals surface area contributed by atoms with Crippen LogP contribution in [0.25, 0.3) is 27.3 Å². The van der Waals surface area contributed by atoms with Crippen LogP contribution in [0.1, 0.15) is 25.3 Å². The molecule has 3 nitrogen and oxygen atoms in total. The monoisotopic (exact) mass is 304 g/mol. The highest BCUT2D eigenvalue weighted by Gasteiger charge is 2.17. The zero-order chi connectivity index (χ0) is 16.0. The second kappa shape index (κ2) is 5.27. The number of unbranched alkanes of at least 4 members (excludes halogenated alkanes) is 1. The summed E-state index contributed by atoms with van der Waals surface area (Å²) in [6, 6.07) is 16.4. The fourth-order valence-electron chi connectivity index (χ4n) is 3.61. The van der Waals surface area contributed by atoms with Gasteiger partial charge in [0.15, 0.2) is 0 Å². The summed E-state index contributed by atoms with van der Waals surface area (Å²) >= 11 is 0. The molecule has 2 aromatic heterocycles. The lowest BCUT2D eigenvalue weighted by atomic mass is 10.0. The van der Waals surface area contributed by atoms with Crippen molar-refractivity contribution in [3.63, 3.8) is 0 Å². The Morgan fingerprint density at radius 3 is 2.30 bits per heavy atom. The van der Waals surface area contributed by atoms with Gasteiger partial charge in [0.2, 0.25) is 0 Å². The zero-order valence-electron chi connectivity index (χ0n) is 13.5. The highest BCUT2D eigenvalue weighted by atomic mass is 16.1. The number of aryl methyl sites for hydroxylation is 2. The zero-order valence-corrected chi connectivity index (χ0v) is 13.5. The van der Waals surface area contributed by atoms with Crippen LogP contribution in [0.2, 0.25) is 0 Å². The summed E-state index contributed by atoms with van der Waals surface area (Å²) in [7, 11) is 1.85. The summed E-state index contributed by atoms with van der Waals surface area (Å²) in [4.78, 5) is 13.0. The molecule has 0 aliphatic carbocycles. The molecule has 23 heavy (non-hydrogen) atoms. The summed E-state index contributed by atoms with van der Waals surface area (Å²) in [5.41, 5.74) is 4.41. The minimum atomic E-state index is 0.0256. The first kappa shape index (κ1) is 14.1. The van der Waals surface area contributed by atoms with Gasteiger partial charge in [-0.2, -0.15) is 0 Å². The number of rotatable bonds is 3. The second-order valence-corrected chi connectivity index (χ2v) is 6.14. The maximum atomic E-state index is 13.0. The van der Waals surface area contributed by atoms with E-state index in [0.717, 1.165) is 41.2 Å². The third-order valence-corrected chi connectivity index (χ3v) is 4.76. The van der Waals surface area contributed by atoms with Crippen LogP contribution in [0.4, 0.5) is 0 Å². The Bertz CT molecular complexity index is 1090. The van der Waals surface area contributed by atoms with E-state index >= 15 is 0 Å². The number of fused-ring (bicyclic) bond motifs is 5. The largest absolute Gasteiger partial charge is 0.333 e. The molecule has 0 amide bonds. The molecule has 3 heteroatoms. The topological polar surface area (TPSA) is 26.4 Å². The first-order valence-electron chi connectivity index (χ1n) is 8.23. The number of nitrogens with zero attached hydrogens (tertiary/aromatic N) is 2. The van der Waals surface area contributed by atoms with Gasteiger partial charge in [-0.3, -0.25) is 8.97 Å². The first-order chi connectivity index (χ1) is 11.2. The molecule has 116 valence electrons. The highest BCUT2D eigenvalue weighted by molar-refractivity contribution is 6.04. The average Bonchev–Trinajstić information content (AvgIpc) is 2.92. The Hall–Kier alpha value is -2.55. The summed E-state index contributed by atoms with van der Waals surface area (Å²) in [5.74, 6) is 0. The molecular formula is C20H20N2O. The standard InChI is InChI=1S/C20H20N2O/c1-3-4-9-15-14-10-5-8-13-18(14)22-19(15)16-11-6-7-12-17(16)21(2)20(22)23/h5-8,10-13H,3-4,9H2,1-2H3. The quantitative estimate of drug-likeness (QED) is 0.554.